The van der Waals surface area contributed by atoms with Crippen LogP contribution >= 0.6 is 0 Å². The highest BCUT2D eigenvalue weighted by Gasteiger charge is 2.18. The molecule has 0 spiro atoms. The summed E-state index contributed by atoms with van der Waals surface area (Å²) in [4.78, 5) is 26.1. The highest BCUT2D eigenvalue weighted by Crippen LogP contribution is 2.13. The molecule has 27 heavy (non-hydrogen) atoms. The van der Waals surface area contributed by atoms with E-state index >= 15 is 0 Å². The predicted octanol–water partition coefficient (Wildman–Crippen LogP) is 1.29. The van der Waals surface area contributed by atoms with E-state index in [2.05, 4.69) is 17.1 Å². The van der Waals surface area contributed by atoms with Crippen LogP contribution in [0, 0.1) is 5.92 Å². The van der Waals surface area contributed by atoms with Crippen molar-refractivity contribution in [3.63, 3.8) is 0 Å². The standard InChI is InChI=1S/C19H36N2O6/c1-2-3-6-17(7-8-18(24)26-15-16(13-22)14-23)27-19(25)20-9-12-21-10-4-5-11-21/h16-17,22-23H,2-15H2,1H3,(H,20,25). The number of esters is 1. The van der Waals surface area contributed by atoms with Crippen LogP contribution in [0.5, 0.6) is 0 Å². The summed E-state index contributed by atoms with van der Waals surface area (Å²) in [6.07, 6.45) is 4.82. The van der Waals surface area contributed by atoms with Gasteiger partial charge in [0.2, 0.25) is 0 Å². The van der Waals surface area contributed by atoms with E-state index in [1.165, 1.54) is 12.8 Å². The quantitative estimate of drug-likeness (QED) is 0.385. The van der Waals surface area contributed by atoms with E-state index in [-0.39, 0.29) is 32.3 Å². The fourth-order valence-electron chi connectivity index (χ4n) is 2.93. The second kappa shape index (κ2) is 14.6. The fourth-order valence-corrected chi connectivity index (χ4v) is 2.93. The van der Waals surface area contributed by atoms with Crippen molar-refractivity contribution < 1.29 is 29.3 Å². The molecular formula is C19H36N2O6. The topological polar surface area (TPSA) is 108 Å². The number of nitrogens with zero attached hydrogens (tertiary/aromatic N) is 1. The Bertz CT molecular complexity index is 411. The smallest absolute Gasteiger partial charge is 0.407 e. The monoisotopic (exact) mass is 388 g/mol. The lowest BCUT2D eigenvalue weighted by atomic mass is 10.1. The van der Waals surface area contributed by atoms with Crippen LogP contribution in [-0.4, -0.2) is 79.3 Å². The Morgan fingerprint density at radius 1 is 1.15 bits per heavy atom. The summed E-state index contributed by atoms with van der Waals surface area (Å²) in [5.41, 5.74) is 0. The van der Waals surface area contributed by atoms with Crippen molar-refractivity contribution in [2.24, 2.45) is 5.92 Å². The van der Waals surface area contributed by atoms with Gasteiger partial charge >= 0.3 is 12.1 Å². The van der Waals surface area contributed by atoms with Gasteiger partial charge in [-0.2, -0.15) is 0 Å². The highest BCUT2D eigenvalue weighted by atomic mass is 16.6. The average molecular weight is 389 g/mol. The van der Waals surface area contributed by atoms with Crippen molar-refractivity contribution in [1.82, 2.24) is 10.2 Å². The third-order valence-electron chi connectivity index (χ3n) is 4.72. The number of aliphatic hydroxyl groups excluding tert-OH is 2. The van der Waals surface area contributed by atoms with E-state index in [1.807, 2.05) is 0 Å². The first-order chi connectivity index (χ1) is 13.1. The van der Waals surface area contributed by atoms with Gasteiger partial charge in [-0.25, -0.2) is 4.79 Å². The lowest BCUT2D eigenvalue weighted by Gasteiger charge is -2.19. The molecule has 8 nitrogen and oxygen atoms in total. The fraction of sp³-hybridized carbons (Fsp3) is 0.895. The predicted molar refractivity (Wildman–Crippen MR) is 101 cm³/mol. The molecule has 0 aromatic carbocycles. The van der Waals surface area contributed by atoms with Gasteiger partial charge in [0.05, 0.1) is 19.8 Å². The van der Waals surface area contributed by atoms with E-state index in [0.717, 1.165) is 32.5 Å². The number of amides is 1. The molecule has 1 atom stereocenters. The van der Waals surface area contributed by atoms with Gasteiger partial charge in [-0.05, 0) is 38.8 Å². The second-order valence-electron chi connectivity index (χ2n) is 7.10. The van der Waals surface area contributed by atoms with Crippen molar-refractivity contribution in [1.29, 1.82) is 0 Å². The molecule has 158 valence electrons. The molecule has 0 bridgehead atoms. The zero-order chi connectivity index (χ0) is 19.9. The van der Waals surface area contributed by atoms with Gasteiger partial charge < -0.3 is 29.9 Å². The summed E-state index contributed by atoms with van der Waals surface area (Å²) in [7, 11) is 0. The molecule has 1 aliphatic rings. The van der Waals surface area contributed by atoms with Gasteiger partial charge in [-0.1, -0.05) is 19.8 Å². The summed E-state index contributed by atoms with van der Waals surface area (Å²) < 4.78 is 10.5. The van der Waals surface area contributed by atoms with Gasteiger partial charge in [0, 0.05) is 25.4 Å². The van der Waals surface area contributed by atoms with Gasteiger partial charge in [-0.3, -0.25) is 4.79 Å². The average Bonchev–Trinajstić information content (AvgIpc) is 3.18. The number of rotatable bonds is 14. The third-order valence-corrected chi connectivity index (χ3v) is 4.72. The van der Waals surface area contributed by atoms with E-state index in [4.69, 9.17) is 19.7 Å². The van der Waals surface area contributed by atoms with Crippen LogP contribution in [0.3, 0.4) is 0 Å². The first-order valence-electron chi connectivity index (χ1n) is 10.1. The highest BCUT2D eigenvalue weighted by molar-refractivity contribution is 5.69. The van der Waals surface area contributed by atoms with Crippen LogP contribution in [0.25, 0.3) is 0 Å². The normalized spacial score (nSPS) is 15.7. The van der Waals surface area contributed by atoms with Gasteiger partial charge in [0.15, 0.2) is 0 Å². The maximum Gasteiger partial charge on any atom is 0.407 e. The Kier molecular flexibility index (Phi) is 12.8. The summed E-state index contributed by atoms with van der Waals surface area (Å²) >= 11 is 0. The van der Waals surface area contributed by atoms with Gasteiger partial charge in [0.25, 0.3) is 0 Å². The molecule has 0 saturated carbocycles. The zero-order valence-electron chi connectivity index (χ0n) is 16.5. The van der Waals surface area contributed by atoms with Crippen LogP contribution in [-0.2, 0) is 14.3 Å². The van der Waals surface area contributed by atoms with Crippen LogP contribution in [0.15, 0.2) is 0 Å². The van der Waals surface area contributed by atoms with Crippen LogP contribution in [0.2, 0.25) is 0 Å². The molecule has 0 radical (unpaired) electrons. The summed E-state index contributed by atoms with van der Waals surface area (Å²) in [5, 5.41) is 20.7. The zero-order valence-corrected chi connectivity index (χ0v) is 16.5. The van der Waals surface area contributed by atoms with Crippen molar-refractivity contribution in [2.75, 3.05) is 46.0 Å². The molecule has 1 amide bonds. The van der Waals surface area contributed by atoms with Crippen molar-refractivity contribution in [2.45, 2.75) is 58.0 Å². The molecule has 1 aliphatic heterocycles. The molecule has 1 fully saturated rings. The Balaban J connectivity index is 2.26. The summed E-state index contributed by atoms with van der Waals surface area (Å²) in [6, 6.07) is 0. The molecule has 0 aliphatic carbocycles. The molecule has 1 unspecified atom stereocenters. The number of aliphatic hydroxyl groups is 2. The summed E-state index contributed by atoms with van der Waals surface area (Å²) in [5.74, 6) is -0.871. The molecule has 1 rings (SSSR count). The number of likely N-dealkylation sites (tertiary alicyclic amines) is 1. The molecule has 3 N–H and O–H groups in total. The largest absolute Gasteiger partial charge is 0.465 e. The minimum Gasteiger partial charge on any atom is -0.465 e. The lowest BCUT2D eigenvalue weighted by Crippen LogP contribution is -2.35. The maximum absolute atomic E-state index is 12.0. The molecule has 0 aromatic heterocycles. The number of hydrogen-bond donors (Lipinski definition) is 3. The number of unbranched alkanes of at least 4 members (excludes halogenated alkanes) is 1. The van der Waals surface area contributed by atoms with Crippen molar-refractivity contribution in [3.05, 3.63) is 0 Å². The van der Waals surface area contributed by atoms with E-state index in [0.29, 0.717) is 19.4 Å². The number of hydrogen-bond acceptors (Lipinski definition) is 7. The maximum atomic E-state index is 12.0. The number of carbonyl (C=O) groups excluding carboxylic acids is 2. The first kappa shape index (κ1) is 23.7. The van der Waals surface area contributed by atoms with Crippen LogP contribution in [0.4, 0.5) is 4.79 Å². The van der Waals surface area contributed by atoms with E-state index in [9.17, 15) is 9.59 Å². The van der Waals surface area contributed by atoms with E-state index < -0.39 is 18.0 Å². The number of ether oxygens (including phenoxy) is 2. The van der Waals surface area contributed by atoms with Gasteiger partial charge in [0.1, 0.15) is 6.10 Å². The minimum absolute atomic E-state index is 0.0106. The Morgan fingerprint density at radius 2 is 1.85 bits per heavy atom. The minimum atomic E-state index is -0.456. The van der Waals surface area contributed by atoms with Crippen LogP contribution < -0.4 is 5.32 Å². The van der Waals surface area contributed by atoms with E-state index in [1.54, 1.807) is 0 Å². The van der Waals surface area contributed by atoms with Crippen molar-refractivity contribution >= 4 is 12.1 Å². The lowest BCUT2D eigenvalue weighted by molar-refractivity contribution is -0.146. The Labute approximate surface area is 162 Å². The molecule has 0 aromatic rings. The van der Waals surface area contributed by atoms with Crippen molar-refractivity contribution in [3.8, 4) is 0 Å². The molecular weight excluding hydrogens is 352 g/mol. The number of alkyl carbamates (subject to hydrolysis) is 1. The SMILES string of the molecule is CCCCC(CCC(=O)OCC(CO)CO)OC(=O)NCCN1CCCC1. The molecule has 8 heteroatoms. The van der Waals surface area contributed by atoms with Gasteiger partial charge in [-0.15, -0.1) is 0 Å². The Morgan fingerprint density at radius 3 is 2.48 bits per heavy atom. The molecule has 1 saturated heterocycles. The molecule has 1 heterocycles. The summed E-state index contributed by atoms with van der Waals surface area (Å²) in [6.45, 7) is 5.15. The second-order valence-corrected chi connectivity index (χ2v) is 7.10. The number of carbonyl (C=O) groups is 2. The van der Waals surface area contributed by atoms with Crippen LogP contribution in [0.1, 0.15) is 51.9 Å². The third kappa shape index (κ3) is 11.1. The first-order valence-corrected chi connectivity index (χ1v) is 10.1. The Hall–Kier alpha value is -1.38. The number of nitrogens with one attached hydrogen (secondary N) is 1.